The first-order valence-corrected chi connectivity index (χ1v) is 7.45. The first-order valence-electron chi connectivity index (χ1n) is 6.57. The van der Waals surface area contributed by atoms with Crippen molar-refractivity contribution in [3.63, 3.8) is 0 Å². The number of esters is 1. The molecule has 0 saturated heterocycles. The number of anilines is 1. The summed E-state index contributed by atoms with van der Waals surface area (Å²) in [5.41, 5.74) is 0.221. The van der Waals surface area contributed by atoms with Gasteiger partial charge in [-0.1, -0.05) is 6.42 Å². The van der Waals surface area contributed by atoms with E-state index in [2.05, 4.69) is 10.3 Å². The van der Waals surface area contributed by atoms with Gasteiger partial charge in [-0.15, -0.1) is 11.3 Å². The molecule has 0 aliphatic heterocycles. The molecule has 1 aromatic rings. The molecule has 0 aromatic carbocycles. The Kier molecular flexibility index (Phi) is 5.08. The van der Waals surface area contributed by atoms with Crippen LogP contribution in [-0.4, -0.2) is 36.2 Å². The van der Waals surface area contributed by atoms with E-state index in [0.29, 0.717) is 5.13 Å². The standard InChI is InChI=1S/C13H18N2O4S/c1-8(16)14-13-15-9(7-20-13)12(17)19-11-6-4-3-5-10(11)18-2/h7,10-11H,3-6H2,1-2H3,(H,14,15,16)/t10-,11-/m1/s1. The molecule has 2 rings (SSSR count). The van der Waals surface area contributed by atoms with Crippen molar-refractivity contribution in [3.8, 4) is 0 Å². The maximum Gasteiger partial charge on any atom is 0.358 e. The molecule has 20 heavy (non-hydrogen) atoms. The lowest BCUT2D eigenvalue weighted by Crippen LogP contribution is -2.35. The van der Waals surface area contributed by atoms with Crippen LogP contribution in [0.25, 0.3) is 0 Å². The summed E-state index contributed by atoms with van der Waals surface area (Å²) in [5, 5.41) is 4.52. The zero-order valence-electron chi connectivity index (χ0n) is 11.5. The van der Waals surface area contributed by atoms with Crippen LogP contribution in [0.2, 0.25) is 0 Å². The molecule has 1 saturated carbocycles. The van der Waals surface area contributed by atoms with Crippen molar-refractivity contribution in [2.45, 2.75) is 44.8 Å². The Morgan fingerprint density at radius 3 is 2.70 bits per heavy atom. The van der Waals surface area contributed by atoms with E-state index in [1.165, 1.54) is 18.3 Å². The molecule has 1 amide bonds. The minimum Gasteiger partial charge on any atom is -0.455 e. The Balaban J connectivity index is 1.96. The number of aromatic nitrogens is 1. The highest BCUT2D eigenvalue weighted by atomic mass is 32.1. The summed E-state index contributed by atoms with van der Waals surface area (Å²) in [7, 11) is 1.63. The van der Waals surface area contributed by atoms with Gasteiger partial charge in [0.1, 0.15) is 6.10 Å². The van der Waals surface area contributed by atoms with E-state index in [-0.39, 0.29) is 23.8 Å². The Labute approximate surface area is 121 Å². The summed E-state index contributed by atoms with van der Waals surface area (Å²) < 4.78 is 10.8. The molecular weight excluding hydrogens is 280 g/mol. The normalized spacial score (nSPS) is 22.3. The van der Waals surface area contributed by atoms with E-state index in [9.17, 15) is 9.59 Å². The fourth-order valence-corrected chi connectivity index (χ4v) is 2.97. The van der Waals surface area contributed by atoms with Crippen LogP contribution in [0.3, 0.4) is 0 Å². The monoisotopic (exact) mass is 298 g/mol. The Bertz CT molecular complexity index is 488. The molecule has 1 aliphatic carbocycles. The number of hydrogen-bond donors (Lipinski definition) is 1. The van der Waals surface area contributed by atoms with Crippen LogP contribution in [0.1, 0.15) is 43.1 Å². The Morgan fingerprint density at radius 2 is 2.05 bits per heavy atom. The average Bonchev–Trinajstić information content (AvgIpc) is 2.87. The van der Waals surface area contributed by atoms with Crippen molar-refractivity contribution in [2.75, 3.05) is 12.4 Å². The van der Waals surface area contributed by atoms with Crippen LogP contribution in [-0.2, 0) is 14.3 Å². The Morgan fingerprint density at radius 1 is 1.35 bits per heavy atom. The number of carbonyl (C=O) groups excluding carboxylic acids is 2. The third-order valence-corrected chi connectivity index (χ3v) is 3.96. The van der Waals surface area contributed by atoms with E-state index < -0.39 is 5.97 Å². The third-order valence-electron chi connectivity index (χ3n) is 3.20. The second-order valence-corrected chi connectivity index (χ2v) is 5.58. The second-order valence-electron chi connectivity index (χ2n) is 4.72. The number of thiazole rings is 1. The van der Waals surface area contributed by atoms with Gasteiger partial charge in [0.15, 0.2) is 10.8 Å². The number of carbonyl (C=O) groups is 2. The number of amides is 1. The van der Waals surface area contributed by atoms with Crippen molar-refractivity contribution < 1.29 is 19.1 Å². The summed E-state index contributed by atoms with van der Waals surface area (Å²) in [6, 6.07) is 0. The summed E-state index contributed by atoms with van der Waals surface area (Å²) >= 11 is 1.20. The highest BCUT2D eigenvalue weighted by molar-refractivity contribution is 7.14. The lowest BCUT2D eigenvalue weighted by molar-refractivity contribution is -0.114. The first-order chi connectivity index (χ1) is 9.60. The molecule has 1 aliphatic rings. The molecule has 0 bridgehead atoms. The van der Waals surface area contributed by atoms with Crippen LogP contribution in [0.4, 0.5) is 5.13 Å². The van der Waals surface area contributed by atoms with Gasteiger partial charge in [-0.05, 0) is 19.3 Å². The molecule has 0 radical (unpaired) electrons. The van der Waals surface area contributed by atoms with E-state index in [4.69, 9.17) is 9.47 Å². The molecular formula is C13H18N2O4S. The number of rotatable bonds is 4. The molecule has 6 nitrogen and oxygen atoms in total. The maximum atomic E-state index is 12.0. The SMILES string of the molecule is CO[C@@H]1CCCC[C@H]1OC(=O)c1csc(NC(C)=O)n1. The van der Waals surface area contributed by atoms with Gasteiger partial charge in [-0.3, -0.25) is 4.79 Å². The predicted molar refractivity (Wildman–Crippen MR) is 74.9 cm³/mol. The molecule has 2 atom stereocenters. The van der Waals surface area contributed by atoms with Crippen molar-refractivity contribution in [3.05, 3.63) is 11.1 Å². The zero-order valence-corrected chi connectivity index (χ0v) is 12.4. The van der Waals surface area contributed by atoms with Crippen molar-refractivity contribution in [1.82, 2.24) is 4.98 Å². The summed E-state index contributed by atoms with van der Waals surface area (Å²) in [4.78, 5) is 27.0. The molecule has 7 heteroatoms. The molecule has 1 aromatic heterocycles. The van der Waals surface area contributed by atoms with Gasteiger partial charge in [-0.2, -0.15) is 0 Å². The molecule has 1 fully saturated rings. The molecule has 1 heterocycles. The van der Waals surface area contributed by atoms with Gasteiger partial charge in [0, 0.05) is 19.4 Å². The van der Waals surface area contributed by atoms with Crippen LogP contribution < -0.4 is 5.32 Å². The molecule has 0 unspecified atom stereocenters. The smallest absolute Gasteiger partial charge is 0.358 e. The zero-order chi connectivity index (χ0) is 14.5. The van der Waals surface area contributed by atoms with Gasteiger partial charge in [0.05, 0.1) is 6.10 Å². The highest BCUT2D eigenvalue weighted by Crippen LogP contribution is 2.25. The fourth-order valence-electron chi connectivity index (χ4n) is 2.24. The summed E-state index contributed by atoms with van der Waals surface area (Å²) in [6.07, 6.45) is 3.59. The van der Waals surface area contributed by atoms with Crippen LogP contribution in [0, 0.1) is 0 Å². The van der Waals surface area contributed by atoms with Crippen molar-refractivity contribution in [1.29, 1.82) is 0 Å². The van der Waals surface area contributed by atoms with Crippen LogP contribution >= 0.6 is 11.3 Å². The number of nitrogens with zero attached hydrogens (tertiary/aromatic N) is 1. The number of methoxy groups -OCH3 is 1. The van der Waals surface area contributed by atoms with Crippen LogP contribution in [0.15, 0.2) is 5.38 Å². The lowest BCUT2D eigenvalue weighted by atomic mass is 9.94. The largest absolute Gasteiger partial charge is 0.455 e. The third kappa shape index (κ3) is 3.77. The highest BCUT2D eigenvalue weighted by Gasteiger charge is 2.29. The van der Waals surface area contributed by atoms with E-state index in [1.807, 2.05) is 0 Å². The van der Waals surface area contributed by atoms with Crippen LogP contribution in [0.5, 0.6) is 0 Å². The number of ether oxygens (including phenoxy) is 2. The molecule has 0 spiro atoms. The Hall–Kier alpha value is -1.47. The predicted octanol–water partition coefficient (Wildman–Crippen LogP) is 2.22. The van der Waals surface area contributed by atoms with Gasteiger partial charge in [0.2, 0.25) is 5.91 Å². The van der Waals surface area contributed by atoms with E-state index >= 15 is 0 Å². The van der Waals surface area contributed by atoms with Gasteiger partial charge >= 0.3 is 5.97 Å². The minimum absolute atomic E-state index is 0.0406. The quantitative estimate of drug-likeness (QED) is 0.862. The number of nitrogens with one attached hydrogen (secondary N) is 1. The topological polar surface area (TPSA) is 77.5 Å². The van der Waals surface area contributed by atoms with Gasteiger partial charge in [0.25, 0.3) is 0 Å². The summed E-state index contributed by atoms with van der Waals surface area (Å²) in [5.74, 6) is -0.683. The van der Waals surface area contributed by atoms with Crippen molar-refractivity contribution in [2.24, 2.45) is 0 Å². The minimum atomic E-state index is -0.466. The fraction of sp³-hybridized carbons (Fsp3) is 0.615. The second kappa shape index (κ2) is 6.81. The first kappa shape index (κ1) is 14.9. The average molecular weight is 298 g/mol. The van der Waals surface area contributed by atoms with Gasteiger partial charge < -0.3 is 14.8 Å². The van der Waals surface area contributed by atoms with E-state index in [1.54, 1.807) is 12.5 Å². The van der Waals surface area contributed by atoms with E-state index in [0.717, 1.165) is 25.7 Å². The van der Waals surface area contributed by atoms with Crippen molar-refractivity contribution >= 4 is 28.3 Å². The molecule has 1 N–H and O–H groups in total. The lowest BCUT2D eigenvalue weighted by Gasteiger charge is -2.29. The number of hydrogen-bond acceptors (Lipinski definition) is 6. The summed E-state index contributed by atoms with van der Waals surface area (Å²) in [6.45, 7) is 1.39. The van der Waals surface area contributed by atoms with Gasteiger partial charge in [-0.25, -0.2) is 9.78 Å². The maximum absolute atomic E-state index is 12.0. The molecule has 110 valence electrons.